The van der Waals surface area contributed by atoms with Gasteiger partial charge in [-0.05, 0) is 12.0 Å². The van der Waals surface area contributed by atoms with Crippen LogP contribution in [0.3, 0.4) is 0 Å². The van der Waals surface area contributed by atoms with Crippen molar-refractivity contribution in [2.45, 2.75) is 32.4 Å². The number of rotatable bonds is 8. The van der Waals surface area contributed by atoms with Gasteiger partial charge in [-0.3, -0.25) is 4.79 Å². The van der Waals surface area contributed by atoms with Gasteiger partial charge in [0.1, 0.15) is 6.04 Å². The zero-order chi connectivity index (χ0) is 15.2. The summed E-state index contributed by atoms with van der Waals surface area (Å²) in [5.74, 6) is -1.16. The molecule has 1 aromatic rings. The second kappa shape index (κ2) is 7.37. The van der Waals surface area contributed by atoms with Gasteiger partial charge in [-0.2, -0.15) is 17.4 Å². The van der Waals surface area contributed by atoms with E-state index in [4.69, 9.17) is 5.11 Å². The van der Waals surface area contributed by atoms with Gasteiger partial charge in [-0.15, -0.1) is 0 Å². The van der Waals surface area contributed by atoms with Crippen LogP contribution in [0, 0.1) is 0 Å². The second-order valence-corrected chi connectivity index (χ2v) is 6.35. The lowest BCUT2D eigenvalue weighted by molar-refractivity contribution is -0.139. The Labute approximate surface area is 119 Å². The molecule has 112 valence electrons. The first-order chi connectivity index (χ1) is 9.36. The van der Waals surface area contributed by atoms with Crippen LogP contribution in [0.4, 0.5) is 0 Å². The summed E-state index contributed by atoms with van der Waals surface area (Å²) >= 11 is 0. The molecular formula is C13H20N2O4S. The first-order valence-electron chi connectivity index (χ1n) is 6.37. The Morgan fingerprint density at radius 3 is 2.45 bits per heavy atom. The molecule has 0 spiro atoms. The standard InChI is InChI=1S/C13H20N2O4S/c1-3-7-12(13(16)17)14-20(18,19)15(2)10-11-8-5-4-6-9-11/h4-6,8-9,12,14H,3,7,10H2,1-2H3,(H,16,17)/t12-/m0/s1. The largest absolute Gasteiger partial charge is 0.480 e. The van der Waals surface area contributed by atoms with Crippen molar-refractivity contribution >= 4 is 16.2 Å². The zero-order valence-electron chi connectivity index (χ0n) is 11.6. The van der Waals surface area contributed by atoms with Crippen molar-refractivity contribution in [1.29, 1.82) is 0 Å². The van der Waals surface area contributed by atoms with E-state index in [-0.39, 0.29) is 13.0 Å². The molecule has 7 heteroatoms. The summed E-state index contributed by atoms with van der Waals surface area (Å²) in [5, 5.41) is 8.99. The Hall–Kier alpha value is -1.44. The van der Waals surface area contributed by atoms with Crippen molar-refractivity contribution in [2.75, 3.05) is 7.05 Å². The van der Waals surface area contributed by atoms with Crippen molar-refractivity contribution in [1.82, 2.24) is 9.03 Å². The van der Waals surface area contributed by atoms with Crippen LogP contribution in [0.15, 0.2) is 30.3 Å². The lowest BCUT2D eigenvalue weighted by Crippen LogP contribution is -2.46. The third kappa shape index (κ3) is 4.92. The summed E-state index contributed by atoms with van der Waals surface area (Å²) < 4.78 is 27.5. The third-order valence-corrected chi connectivity index (χ3v) is 4.36. The molecular weight excluding hydrogens is 280 g/mol. The number of aliphatic carboxylic acids is 1. The average molecular weight is 300 g/mol. The third-order valence-electron chi connectivity index (χ3n) is 2.83. The molecule has 0 radical (unpaired) electrons. The molecule has 0 aliphatic carbocycles. The summed E-state index contributed by atoms with van der Waals surface area (Å²) in [6, 6.07) is 8.02. The molecule has 0 aliphatic rings. The van der Waals surface area contributed by atoms with Crippen molar-refractivity contribution in [3.8, 4) is 0 Å². The number of carbonyl (C=O) groups is 1. The van der Waals surface area contributed by atoms with Crippen molar-refractivity contribution in [2.24, 2.45) is 0 Å². The van der Waals surface area contributed by atoms with Crippen molar-refractivity contribution < 1.29 is 18.3 Å². The lowest BCUT2D eigenvalue weighted by Gasteiger charge is -2.21. The molecule has 2 N–H and O–H groups in total. The van der Waals surface area contributed by atoms with Crippen LogP contribution in [0.5, 0.6) is 0 Å². The molecule has 1 aromatic carbocycles. The summed E-state index contributed by atoms with van der Waals surface area (Å²) in [7, 11) is -2.41. The minimum Gasteiger partial charge on any atom is -0.480 e. The van der Waals surface area contributed by atoms with E-state index < -0.39 is 22.2 Å². The molecule has 0 unspecified atom stereocenters. The molecule has 6 nitrogen and oxygen atoms in total. The molecule has 1 rings (SSSR count). The summed E-state index contributed by atoms with van der Waals surface area (Å²) in [6.45, 7) is 1.99. The van der Waals surface area contributed by atoms with Crippen LogP contribution in [-0.2, 0) is 21.5 Å². The fourth-order valence-corrected chi connectivity index (χ4v) is 2.79. The maximum absolute atomic E-state index is 12.1. The van der Waals surface area contributed by atoms with Crippen LogP contribution >= 0.6 is 0 Å². The van der Waals surface area contributed by atoms with Gasteiger partial charge in [-0.1, -0.05) is 43.7 Å². The average Bonchev–Trinajstić information content (AvgIpc) is 2.39. The van der Waals surface area contributed by atoms with Gasteiger partial charge in [0.15, 0.2) is 0 Å². The topological polar surface area (TPSA) is 86.7 Å². The smallest absolute Gasteiger partial charge is 0.321 e. The molecule has 0 saturated heterocycles. The van der Waals surface area contributed by atoms with E-state index in [2.05, 4.69) is 4.72 Å². The van der Waals surface area contributed by atoms with E-state index in [9.17, 15) is 13.2 Å². The van der Waals surface area contributed by atoms with Gasteiger partial charge in [0.05, 0.1) is 0 Å². The maximum atomic E-state index is 12.1. The number of nitrogens with one attached hydrogen (secondary N) is 1. The molecule has 0 aliphatic heterocycles. The molecule has 0 amide bonds. The van der Waals surface area contributed by atoms with E-state index in [1.54, 1.807) is 6.92 Å². The first-order valence-corrected chi connectivity index (χ1v) is 7.81. The molecule has 20 heavy (non-hydrogen) atoms. The Kier molecular flexibility index (Phi) is 6.12. The number of hydrogen-bond donors (Lipinski definition) is 2. The fourth-order valence-electron chi connectivity index (χ4n) is 1.72. The van der Waals surface area contributed by atoms with Gasteiger partial charge in [0.2, 0.25) is 0 Å². The number of benzene rings is 1. The minimum absolute atomic E-state index is 0.189. The second-order valence-electron chi connectivity index (χ2n) is 4.54. The van der Waals surface area contributed by atoms with E-state index >= 15 is 0 Å². The van der Waals surface area contributed by atoms with Gasteiger partial charge in [-0.25, -0.2) is 0 Å². The highest BCUT2D eigenvalue weighted by Gasteiger charge is 2.26. The summed E-state index contributed by atoms with van der Waals surface area (Å²) in [4.78, 5) is 11.0. The molecule has 0 fully saturated rings. The predicted octanol–water partition coefficient (Wildman–Crippen LogP) is 1.21. The molecule has 1 atom stereocenters. The normalized spacial score (nSPS) is 13.3. The Balaban J connectivity index is 2.74. The molecule has 0 aromatic heterocycles. The highest BCUT2D eigenvalue weighted by molar-refractivity contribution is 7.87. The highest BCUT2D eigenvalue weighted by Crippen LogP contribution is 2.07. The van der Waals surface area contributed by atoms with Crippen molar-refractivity contribution in [3.05, 3.63) is 35.9 Å². The summed E-state index contributed by atoms with van der Waals surface area (Å²) in [5.41, 5.74) is 0.836. The maximum Gasteiger partial charge on any atom is 0.321 e. The molecule has 0 bridgehead atoms. The van der Waals surface area contributed by atoms with E-state index in [0.29, 0.717) is 6.42 Å². The Morgan fingerprint density at radius 2 is 1.95 bits per heavy atom. The van der Waals surface area contributed by atoms with Crippen LogP contribution < -0.4 is 4.72 Å². The Bertz CT molecular complexity index is 531. The highest BCUT2D eigenvalue weighted by atomic mass is 32.2. The summed E-state index contributed by atoms with van der Waals surface area (Å²) in [6.07, 6.45) is 0.843. The number of carboxylic acid groups (broad SMARTS) is 1. The van der Waals surface area contributed by atoms with Crippen LogP contribution in [0.2, 0.25) is 0 Å². The van der Waals surface area contributed by atoms with Gasteiger partial charge in [0.25, 0.3) is 10.2 Å². The Morgan fingerprint density at radius 1 is 1.35 bits per heavy atom. The zero-order valence-corrected chi connectivity index (χ0v) is 12.4. The van der Waals surface area contributed by atoms with Gasteiger partial charge in [0, 0.05) is 13.6 Å². The van der Waals surface area contributed by atoms with E-state index in [0.717, 1.165) is 9.87 Å². The van der Waals surface area contributed by atoms with Gasteiger partial charge < -0.3 is 5.11 Å². The van der Waals surface area contributed by atoms with Crippen LogP contribution in [0.25, 0.3) is 0 Å². The minimum atomic E-state index is -3.82. The number of nitrogens with zero attached hydrogens (tertiary/aromatic N) is 1. The molecule has 0 saturated carbocycles. The van der Waals surface area contributed by atoms with E-state index in [1.807, 2.05) is 30.3 Å². The number of hydrogen-bond acceptors (Lipinski definition) is 3. The SMILES string of the molecule is CCC[C@H](NS(=O)(=O)N(C)Cc1ccccc1)C(=O)O. The quantitative estimate of drug-likeness (QED) is 0.755. The van der Waals surface area contributed by atoms with Crippen molar-refractivity contribution in [3.63, 3.8) is 0 Å². The molecule has 0 heterocycles. The van der Waals surface area contributed by atoms with Crippen LogP contribution in [0.1, 0.15) is 25.3 Å². The predicted molar refractivity (Wildman–Crippen MR) is 76.3 cm³/mol. The van der Waals surface area contributed by atoms with Gasteiger partial charge >= 0.3 is 5.97 Å². The lowest BCUT2D eigenvalue weighted by atomic mass is 10.2. The monoisotopic (exact) mass is 300 g/mol. The fraction of sp³-hybridized carbons (Fsp3) is 0.462. The first kappa shape index (κ1) is 16.6. The van der Waals surface area contributed by atoms with E-state index in [1.165, 1.54) is 7.05 Å². The van der Waals surface area contributed by atoms with Crippen LogP contribution in [-0.4, -0.2) is 36.9 Å². The number of carboxylic acids is 1.